The number of nitrogens with zero attached hydrogens (tertiary/aromatic N) is 1. The van der Waals surface area contributed by atoms with Gasteiger partial charge in [-0.2, -0.15) is 0 Å². The average Bonchev–Trinajstić information content (AvgIpc) is 2.41. The summed E-state index contributed by atoms with van der Waals surface area (Å²) in [7, 11) is 0. The van der Waals surface area contributed by atoms with Crippen LogP contribution in [0.5, 0.6) is 0 Å². The van der Waals surface area contributed by atoms with Crippen molar-refractivity contribution in [3.05, 3.63) is 23.6 Å². The van der Waals surface area contributed by atoms with Crippen LogP contribution in [0.4, 0.5) is 15.0 Å². The number of aromatic nitrogens is 1. The number of urea groups is 1. The summed E-state index contributed by atoms with van der Waals surface area (Å²) in [6.45, 7) is 2.97. The molecule has 0 saturated carbocycles. The quantitative estimate of drug-likeness (QED) is 0.544. The van der Waals surface area contributed by atoms with Crippen molar-refractivity contribution in [1.82, 2.24) is 15.6 Å². The summed E-state index contributed by atoms with van der Waals surface area (Å²) in [6, 6.07) is 0.443. The van der Waals surface area contributed by atoms with Gasteiger partial charge in [0, 0.05) is 19.6 Å². The molecule has 1 heterocycles. The van der Waals surface area contributed by atoms with E-state index in [0.717, 1.165) is 18.7 Å². The van der Waals surface area contributed by atoms with Crippen molar-refractivity contribution in [2.45, 2.75) is 13.3 Å². The molecule has 0 unspecified atom stereocenters. The lowest BCUT2D eigenvalue weighted by molar-refractivity contribution is 0.0954. The molecular weight excluding hydrogens is 265 g/mol. The van der Waals surface area contributed by atoms with Crippen LogP contribution < -0.4 is 21.7 Å². The largest absolute Gasteiger partial charge is 0.369 e. The standard InChI is InChI=1S/C12H18FN5O2/c1-2-3-15-10-9(6-8(13)7-18-10)11(19)16-4-5-17-12(14)20/h6-7H,2-5H2,1H3,(H,15,18)(H,16,19)(H3,14,17,20). The van der Waals surface area contributed by atoms with Crippen LogP contribution in [0.3, 0.4) is 0 Å². The van der Waals surface area contributed by atoms with Crippen LogP contribution in [-0.2, 0) is 0 Å². The molecule has 0 spiro atoms. The second-order valence-electron chi connectivity index (χ2n) is 4.02. The number of anilines is 1. The number of nitrogens with two attached hydrogens (primary N) is 1. The number of rotatable bonds is 7. The lowest BCUT2D eigenvalue weighted by Gasteiger charge is -2.11. The predicted molar refractivity (Wildman–Crippen MR) is 72.9 cm³/mol. The maximum atomic E-state index is 13.2. The second-order valence-corrected chi connectivity index (χ2v) is 4.02. The van der Waals surface area contributed by atoms with Crippen LogP contribution in [0.25, 0.3) is 0 Å². The molecule has 5 N–H and O–H groups in total. The highest BCUT2D eigenvalue weighted by Gasteiger charge is 2.13. The Morgan fingerprint density at radius 3 is 2.65 bits per heavy atom. The molecule has 1 aromatic heterocycles. The van der Waals surface area contributed by atoms with E-state index in [1.54, 1.807) is 0 Å². The van der Waals surface area contributed by atoms with Gasteiger partial charge in [0.05, 0.1) is 11.8 Å². The normalized spacial score (nSPS) is 9.90. The highest BCUT2D eigenvalue weighted by molar-refractivity contribution is 5.98. The third-order valence-electron chi connectivity index (χ3n) is 2.35. The minimum absolute atomic E-state index is 0.123. The van der Waals surface area contributed by atoms with E-state index in [4.69, 9.17) is 5.73 Å². The van der Waals surface area contributed by atoms with E-state index in [1.807, 2.05) is 6.92 Å². The molecule has 0 aliphatic carbocycles. The second kappa shape index (κ2) is 7.93. The van der Waals surface area contributed by atoms with Crippen molar-refractivity contribution < 1.29 is 14.0 Å². The van der Waals surface area contributed by atoms with Gasteiger partial charge in [0.15, 0.2) is 0 Å². The summed E-state index contributed by atoms with van der Waals surface area (Å²) in [4.78, 5) is 26.2. The molecule has 8 heteroatoms. The van der Waals surface area contributed by atoms with Crippen LogP contribution in [0.1, 0.15) is 23.7 Å². The van der Waals surface area contributed by atoms with Crippen LogP contribution in [0.15, 0.2) is 12.3 Å². The highest BCUT2D eigenvalue weighted by Crippen LogP contribution is 2.13. The summed E-state index contributed by atoms with van der Waals surface area (Å²) in [5.74, 6) is -0.733. The van der Waals surface area contributed by atoms with Gasteiger partial charge in [0.25, 0.3) is 5.91 Å². The number of carbonyl (C=O) groups is 2. The number of nitrogens with one attached hydrogen (secondary N) is 3. The topological polar surface area (TPSA) is 109 Å². The molecule has 0 bridgehead atoms. The first kappa shape index (κ1) is 15.7. The van der Waals surface area contributed by atoms with Gasteiger partial charge in [-0.05, 0) is 12.5 Å². The monoisotopic (exact) mass is 283 g/mol. The molecule has 110 valence electrons. The third-order valence-corrected chi connectivity index (χ3v) is 2.35. The highest BCUT2D eigenvalue weighted by atomic mass is 19.1. The fourth-order valence-corrected chi connectivity index (χ4v) is 1.45. The number of amides is 3. The van der Waals surface area contributed by atoms with Gasteiger partial charge in [-0.25, -0.2) is 14.2 Å². The molecule has 0 aliphatic rings. The number of carbonyl (C=O) groups excluding carboxylic acids is 2. The van der Waals surface area contributed by atoms with Crippen molar-refractivity contribution in [3.63, 3.8) is 0 Å². The number of hydrogen-bond acceptors (Lipinski definition) is 4. The molecule has 0 fully saturated rings. The van der Waals surface area contributed by atoms with Crippen molar-refractivity contribution in [2.24, 2.45) is 5.73 Å². The summed E-state index contributed by atoms with van der Waals surface area (Å²) >= 11 is 0. The zero-order valence-corrected chi connectivity index (χ0v) is 11.2. The summed E-state index contributed by atoms with van der Waals surface area (Å²) in [5.41, 5.74) is 5.01. The molecule has 0 aromatic carbocycles. The molecule has 20 heavy (non-hydrogen) atoms. The molecule has 0 saturated heterocycles. The first-order valence-corrected chi connectivity index (χ1v) is 6.25. The Hall–Kier alpha value is -2.38. The molecule has 1 rings (SSSR count). The van der Waals surface area contributed by atoms with Crippen LogP contribution >= 0.6 is 0 Å². The SMILES string of the molecule is CCCNc1ncc(F)cc1C(=O)NCCNC(N)=O. The van der Waals surface area contributed by atoms with Crippen LogP contribution in [-0.4, -0.2) is 36.6 Å². The van der Waals surface area contributed by atoms with Crippen molar-refractivity contribution in [2.75, 3.05) is 25.0 Å². The Morgan fingerprint density at radius 2 is 2.00 bits per heavy atom. The fraction of sp³-hybridized carbons (Fsp3) is 0.417. The number of primary amides is 1. The minimum Gasteiger partial charge on any atom is -0.369 e. The first-order valence-electron chi connectivity index (χ1n) is 6.25. The third kappa shape index (κ3) is 5.09. The van der Waals surface area contributed by atoms with Crippen molar-refractivity contribution in [3.8, 4) is 0 Å². The molecule has 3 amide bonds. The fourth-order valence-electron chi connectivity index (χ4n) is 1.45. The van der Waals surface area contributed by atoms with E-state index >= 15 is 0 Å². The summed E-state index contributed by atoms with van der Waals surface area (Å²) in [6.07, 6.45) is 1.89. The van der Waals surface area contributed by atoms with Crippen LogP contribution in [0.2, 0.25) is 0 Å². The molecule has 0 radical (unpaired) electrons. The van der Waals surface area contributed by atoms with Gasteiger partial charge in [-0.15, -0.1) is 0 Å². The number of halogens is 1. The Morgan fingerprint density at radius 1 is 1.30 bits per heavy atom. The zero-order chi connectivity index (χ0) is 15.0. The van der Waals surface area contributed by atoms with E-state index in [0.29, 0.717) is 12.4 Å². The van der Waals surface area contributed by atoms with Crippen molar-refractivity contribution in [1.29, 1.82) is 0 Å². The summed E-state index contributed by atoms with van der Waals surface area (Å²) in [5, 5.41) is 7.83. The molecule has 7 nitrogen and oxygen atoms in total. The smallest absolute Gasteiger partial charge is 0.312 e. The first-order chi connectivity index (χ1) is 9.54. The Kier molecular flexibility index (Phi) is 6.21. The van der Waals surface area contributed by atoms with E-state index < -0.39 is 17.8 Å². The predicted octanol–water partition coefficient (Wildman–Crippen LogP) is 0.441. The van der Waals surface area contributed by atoms with Crippen molar-refractivity contribution >= 4 is 17.8 Å². The molecule has 0 atom stereocenters. The molecular formula is C12H18FN5O2. The molecule has 0 aliphatic heterocycles. The summed E-state index contributed by atoms with van der Waals surface area (Å²) < 4.78 is 13.2. The van der Waals surface area contributed by atoms with E-state index in [9.17, 15) is 14.0 Å². The number of hydrogen-bond donors (Lipinski definition) is 4. The average molecular weight is 283 g/mol. The number of pyridine rings is 1. The Balaban J connectivity index is 2.65. The van der Waals surface area contributed by atoms with Gasteiger partial charge in [0.1, 0.15) is 11.6 Å². The van der Waals surface area contributed by atoms with Gasteiger partial charge >= 0.3 is 6.03 Å². The lowest BCUT2D eigenvalue weighted by atomic mass is 10.2. The Bertz CT molecular complexity index is 481. The van der Waals surface area contributed by atoms with Crippen LogP contribution in [0, 0.1) is 5.82 Å². The lowest BCUT2D eigenvalue weighted by Crippen LogP contribution is -2.37. The zero-order valence-electron chi connectivity index (χ0n) is 11.2. The van der Waals surface area contributed by atoms with E-state index in [-0.39, 0.29) is 18.7 Å². The minimum atomic E-state index is -0.669. The maximum absolute atomic E-state index is 13.2. The van der Waals surface area contributed by atoms with Gasteiger partial charge in [-0.3, -0.25) is 4.79 Å². The van der Waals surface area contributed by atoms with Gasteiger partial charge in [0.2, 0.25) is 0 Å². The Labute approximate surface area is 116 Å². The van der Waals surface area contributed by atoms with E-state index in [2.05, 4.69) is 20.9 Å². The maximum Gasteiger partial charge on any atom is 0.312 e. The van der Waals surface area contributed by atoms with Gasteiger partial charge in [-0.1, -0.05) is 6.92 Å². The molecule has 1 aromatic rings. The van der Waals surface area contributed by atoms with E-state index in [1.165, 1.54) is 0 Å². The van der Waals surface area contributed by atoms with Gasteiger partial charge < -0.3 is 21.7 Å².